The van der Waals surface area contributed by atoms with Crippen molar-refractivity contribution in [1.82, 2.24) is 29.5 Å². The Labute approximate surface area is 174 Å². The molecule has 0 unspecified atom stereocenters. The molecule has 1 saturated heterocycles. The second kappa shape index (κ2) is 7.39. The van der Waals surface area contributed by atoms with Crippen molar-refractivity contribution in [1.29, 1.82) is 0 Å². The molecule has 1 aliphatic rings. The monoisotopic (exact) mass is 441 g/mol. The van der Waals surface area contributed by atoms with Gasteiger partial charge in [0.1, 0.15) is 11.2 Å². The Morgan fingerprint density at radius 2 is 2.14 bits per heavy atom. The lowest BCUT2D eigenvalue weighted by Crippen LogP contribution is -2.50. The lowest BCUT2D eigenvalue weighted by Gasteiger charge is -2.38. The third-order valence-electron chi connectivity index (χ3n) is 4.74. The Hall–Kier alpha value is -2.50. The van der Waals surface area contributed by atoms with Gasteiger partial charge in [-0.1, -0.05) is 11.6 Å². The lowest BCUT2D eigenvalue weighted by molar-refractivity contribution is -0.386. The Morgan fingerprint density at radius 3 is 2.79 bits per heavy atom. The molecule has 0 aliphatic carbocycles. The van der Waals surface area contributed by atoms with Gasteiger partial charge in [0.25, 0.3) is 0 Å². The molecule has 13 heteroatoms. The zero-order chi connectivity index (χ0) is 20.8. The number of rotatable bonds is 7. The van der Waals surface area contributed by atoms with E-state index in [0.717, 1.165) is 0 Å². The molecule has 3 aromatic rings. The van der Waals surface area contributed by atoms with Crippen molar-refractivity contribution in [3.05, 3.63) is 32.4 Å². The fraction of sp³-hybridized carbons (Fsp3) is 0.500. The summed E-state index contributed by atoms with van der Waals surface area (Å²) < 4.78 is 14.1. The minimum Gasteiger partial charge on any atom is -0.472 e. The van der Waals surface area contributed by atoms with Gasteiger partial charge in [0.05, 0.1) is 30.1 Å². The number of hydrogen-bond acceptors (Lipinski definition) is 8. The number of nitrogens with zero attached hydrogens (tertiary/aromatic N) is 7. The number of halogens is 2. The highest BCUT2D eigenvalue weighted by Gasteiger charge is 2.41. The first kappa shape index (κ1) is 19.8. The molecule has 29 heavy (non-hydrogen) atoms. The van der Waals surface area contributed by atoms with E-state index in [9.17, 15) is 10.1 Å². The van der Waals surface area contributed by atoms with E-state index in [4.69, 9.17) is 32.7 Å². The molecule has 0 bridgehead atoms. The quantitative estimate of drug-likeness (QED) is 0.237. The van der Waals surface area contributed by atoms with Gasteiger partial charge in [-0.25, -0.2) is 14.3 Å². The highest BCUT2D eigenvalue weighted by Crippen LogP contribution is 2.36. The summed E-state index contributed by atoms with van der Waals surface area (Å²) in [5, 5.41) is 21.0. The van der Waals surface area contributed by atoms with E-state index in [1.165, 1.54) is 6.20 Å². The van der Waals surface area contributed by atoms with Gasteiger partial charge in [0.2, 0.25) is 5.28 Å². The zero-order valence-corrected chi connectivity index (χ0v) is 17.1. The molecule has 0 radical (unpaired) electrons. The smallest absolute Gasteiger partial charge is 0.352 e. The predicted octanol–water partition coefficient (Wildman–Crippen LogP) is 2.76. The minimum atomic E-state index is -0.475. The first-order valence-corrected chi connectivity index (χ1v) is 9.55. The SMILES string of the molecule is Cc1c([N+](=O)[O-])c(OCCCn2nc(Cl)c3cnc(Cl)nc32)nn1C1(C)COC1. The fourth-order valence-corrected chi connectivity index (χ4v) is 3.62. The largest absolute Gasteiger partial charge is 0.472 e. The molecule has 3 aromatic heterocycles. The summed E-state index contributed by atoms with van der Waals surface area (Å²) in [5.41, 5.74) is 0.413. The third kappa shape index (κ3) is 3.49. The summed E-state index contributed by atoms with van der Waals surface area (Å²) in [7, 11) is 0. The average molecular weight is 442 g/mol. The molecule has 11 nitrogen and oxygen atoms in total. The zero-order valence-electron chi connectivity index (χ0n) is 15.6. The Bertz CT molecular complexity index is 1090. The molecule has 1 aliphatic heterocycles. The van der Waals surface area contributed by atoms with Gasteiger partial charge < -0.3 is 9.47 Å². The second-order valence-corrected chi connectivity index (χ2v) is 7.69. The highest BCUT2D eigenvalue weighted by atomic mass is 35.5. The first-order valence-electron chi connectivity index (χ1n) is 8.80. The van der Waals surface area contributed by atoms with E-state index in [2.05, 4.69) is 20.2 Å². The summed E-state index contributed by atoms with van der Waals surface area (Å²) >= 11 is 11.9. The fourth-order valence-electron chi connectivity index (χ4n) is 3.26. The number of aromatic nitrogens is 6. The van der Waals surface area contributed by atoms with Crippen LogP contribution in [0, 0.1) is 17.0 Å². The van der Waals surface area contributed by atoms with Crippen LogP contribution in [0.4, 0.5) is 5.69 Å². The lowest BCUT2D eigenvalue weighted by atomic mass is 10.0. The number of fused-ring (bicyclic) bond motifs is 1. The molecule has 4 rings (SSSR count). The van der Waals surface area contributed by atoms with Crippen molar-refractivity contribution in [2.75, 3.05) is 19.8 Å². The first-order chi connectivity index (χ1) is 13.8. The van der Waals surface area contributed by atoms with Crippen LogP contribution in [0.5, 0.6) is 5.88 Å². The van der Waals surface area contributed by atoms with Crippen LogP contribution in [0.15, 0.2) is 6.20 Å². The van der Waals surface area contributed by atoms with Gasteiger partial charge in [0.15, 0.2) is 10.8 Å². The van der Waals surface area contributed by atoms with Gasteiger partial charge in [-0.05, 0) is 25.4 Å². The van der Waals surface area contributed by atoms with Crippen molar-refractivity contribution >= 4 is 39.9 Å². The topological polar surface area (TPSA) is 123 Å². The van der Waals surface area contributed by atoms with Gasteiger partial charge in [0, 0.05) is 19.2 Å². The van der Waals surface area contributed by atoms with E-state index < -0.39 is 10.5 Å². The summed E-state index contributed by atoms with van der Waals surface area (Å²) in [6, 6.07) is 0. The van der Waals surface area contributed by atoms with Crippen molar-refractivity contribution in [2.45, 2.75) is 32.4 Å². The van der Waals surface area contributed by atoms with Gasteiger partial charge in [-0.3, -0.25) is 10.1 Å². The average Bonchev–Trinajstić information content (AvgIpc) is 3.13. The van der Waals surface area contributed by atoms with E-state index in [1.807, 2.05) is 6.92 Å². The highest BCUT2D eigenvalue weighted by molar-refractivity contribution is 6.34. The van der Waals surface area contributed by atoms with Gasteiger partial charge in [-0.2, -0.15) is 10.1 Å². The van der Waals surface area contributed by atoms with Crippen molar-refractivity contribution in [2.24, 2.45) is 0 Å². The summed E-state index contributed by atoms with van der Waals surface area (Å²) in [5.74, 6) is -0.00523. The Morgan fingerprint density at radius 1 is 1.38 bits per heavy atom. The normalized spacial score (nSPS) is 15.4. The molecule has 0 spiro atoms. The number of aryl methyl sites for hydroxylation is 1. The van der Waals surface area contributed by atoms with Gasteiger partial charge >= 0.3 is 11.6 Å². The Kier molecular flexibility index (Phi) is 5.05. The third-order valence-corrected chi connectivity index (χ3v) is 5.20. The van der Waals surface area contributed by atoms with E-state index in [0.29, 0.717) is 42.9 Å². The van der Waals surface area contributed by atoms with Crippen molar-refractivity contribution in [3.8, 4) is 5.88 Å². The molecule has 0 amide bonds. The summed E-state index contributed by atoms with van der Waals surface area (Å²) in [6.07, 6.45) is 2.01. The van der Waals surface area contributed by atoms with E-state index in [-0.39, 0.29) is 28.6 Å². The van der Waals surface area contributed by atoms with Crippen LogP contribution >= 0.6 is 23.2 Å². The van der Waals surface area contributed by atoms with Crippen LogP contribution < -0.4 is 4.74 Å². The standard InChI is InChI=1S/C16H17Cl2N7O4/c1-9-11(25(26)27)14(22-24(9)16(2)7-28-8-16)29-5-3-4-23-13-10(12(17)21-23)6-19-15(18)20-13/h6H,3-5,7-8H2,1-2H3. The van der Waals surface area contributed by atoms with Crippen LogP contribution in [-0.2, 0) is 16.8 Å². The van der Waals surface area contributed by atoms with E-state index in [1.54, 1.807) is 16.3 Å². The maximum Gasteiger partial charge on any atom is 0.352 e. The summed E-state index contributed by atoms with van der Waals surface area (Å²) in [4.78, 5) is 19.1. The van der Waals surface area contributed by atoms with Crippen LogP contribution in [-0.4, -0.2) is 54.3 Å². The molecule has 0 atom stereocenters. The minimum absolute atomic E-state index is 0.00523. The Balaban J connectivity index is 1.47. The van der Waals surface area contributed by atoms with Crippen LogP contribution in [0.1, 0.15) is 19.0 Å². The van der Waals surface area contributed by atoms with Crippen LogP contribution in [0.2, 0.25) is 10.4 Å². The maximum atomic E-state index is 11.5. The number of ether oxygens (including phenoxy) is 2. The molecule has 4 heterocycles. The molecular weight excluding hydrogens is 425 g/mol. The molecule has 0 saturated carbocycles. The molecule has 154 valence electrons. The van der Waals surface area contributed by atoms with Crippen LogP contribution in [0.3, 0.4) is 0 Å². The van der Waals surface area contributed by atoms with Gasteiger partial charge in [-0.15, -0.1) is 5.10 Å². The predicted molar refractivity (Wildman–Crippen MR) is 104 cm³/mol. The summed E-state index contributed by atoms with van der Waals surface area (Å²) in [6.45, 7) is 5.11. The molecule has 1 fully saturated rings. The molecular formula is C16H17Cl2N7O4. The molecule has 0 N–H and O–H groups in total. The number of hydrogen-bond donors (Lipinski definition) is 0. The van der Waals surface area contributed by atoms with E-state index >= 15 is 0 Å². The van der Waals surface area contributed by atoms with Crippen molar-refractivity contribution < 1.29 is 14.4 Å². The second-order valence-electron chi connectivity index (χ2n) is 6.99. The number of nitro groups is 1. The maximum absolute atomic E-state index is 11.5. The van der Waals surface area contributed by atoms with Crippen molar-refractivity contribution in [3.63, 3.8) is 0 Å². The van der Waals surface area contributed by atoms with Crippen LogP contribution in [0.25, 0.3) is 11.0 Å². The molecule has 0 aromatic carbocycles.